The first-order chi connectivity index (χ1) is 53.2. The molecule has 626 valence electrons. The number of phosphoric acid groups is 2. The van der Waals surface area contributed by atoms with Crippen molar-refractivity contribution in [1.82, 2.24) is 0 Å². The number of aliphatic hydroxyl groups is 2. The third kappa shape index (κ3) is 84.2. The highest BCUT2D eigenvalue weighted by Gasteiger charge is 2.29. The number of hydrogen-bond acceptors (Lipinski definition) is 14. The predicted octanol–water partition coefficient (Wildman–Crippen LogP) is 26.0. The number of ether oxygens (including phenoxy) is 3. The second-order valence-electron chi connectivity index (χ2n) is 28.6. The molecule has 18 heteroatoms. The topological polar surface area (TPSA) is 231 Å². The van der Waals surface area contributed by atoms with Crippen LogP contribution in [0, 0.1) is 0 Å². The van der Waals surface area contributed by atoms with E-state index in [9.17, 15) is 43.5 Å². The molecule has 0 spiro atoms. The Balaban J connectivity index is 4.47. The number of aliphatic hydroxyl groups excluding tert-OH is 2. The molecule has 0 fully saturated rings. The fourth-order valence-electron chi connectivity index (χ4n) is 11.5. The van der Waals surface area contributed by atoms with Crippen LogP contribution in [0.4, 0.5) is 0 Å². The summed E-state index contributed by atoms with van der Waals surface area (Å²) in [5.74, 6) is -1.62. The molecule has 16 nitrogen and oxygen atoms in total. The molecule has 0 amide bonds. The molecule has 0 aromatic rings. The number of rotatable bonds is 81. The van der Waals surface area contributed by atoms with Crippen LogP contribution in [0.2, 0.25) is 0 Å². The van der Waals surface area contributed by atoms with Gasteiger partial charge in [0.2, 0.25) is 0 Å². The van der Waals surface area contributed by atoms with Crippen molar-refractivity contribution in [2.24, 2.45) is 0 Å². The van der Waals surface area contributed by atoms with Gasteiger partial charge in [-0.3, -0.25) is 32.5 Å². The van der Waals surface area contributed by atoms with E-state index in [4.69, 9.17) is 32.3 Å². The van der Waals surface area contributed by atoms with Crippen molar-refractivity contribution in [3.05, 3.63) is 146 Å². The first kappa shape index (κ1) is 104. The molecule has 0 bridgehead atoms. The number of esters is 3. The highest BCUT2D eigenvalue weighted by atomic mass is 31.2. The Hall–Kier alpha value is -4.57. The Bertz CT molecular complexity index is 2560. The summed E-state index contributed by atoms with van der Waals surface area (Å²) in [6.07, 6.45) is 103. The average Bonchev–Trinajstić information content (AvgIpc) is 0.903. The minimum absolute atomic E-state index is 0.0685. The smallest absolute Gasteiger partial charge is 0.463 e. The molecule has 0 rings (SSSR count). The van der Waals surface area contributed by atoms with Crippen molar-refractivity contribution in [2.45, 2.75) is 373 Å². The summed E-state index contributed by atoms with van der Waals surface area (Å²) in [6, 6.07) is 0. The molecular formula is C91H156O16P2. The van der Waals surface area contributed by atoms with Crippen LogP contribution < -0.4 is 0 Å². The maximum Gasteiger partial charge on any atom is 0.472 e. The predicted molar refractivity (Wildman–Crippen MR) is 454 cm³/mol. The van der Waals surface area contributed by atoms with E-state index in [1.807, 2.05) is 0 Å². The van der Waals surface area contributed by atoms with Crippen LogP contribution in [0.15, 0.2) is 146 Å². The lowest BCUT2D eigenvalue weighted by Crippen LogP contribution is -2.30. The van der Waals surface area contributed by atoms with Gasteiger partial charge in [-0.25, -0.2) is 9.13 Å². The Morgan fingerprint density at radius 3 is 0.771 bits per heavy atom. The minimum atomic E-state index is -4.95. The van der Waals surface area contributed by atoms with Gasteiger partial charge < -0.3 is 34.2 Å². The number of unbranched alkanes of at least 4 members (excludes halogenated alkanes) is 34. The van der Waals surface area contributed by atoms with Gasteiger partial charge in [0.15, 0.2) is 6.10 Å². The lowest BCUT2D eigenvalue weighted by atomic mass is 10.0. The normalized spacial score (nSPS) is 14.6. The molecule has 0 aliphatic rings. The second-order valence-corrected chi connectivity index (χ2v) is 31.5. The number of hydrogen-bond donors (Lipinski definition) is 4. The summed E-state index contributed by atoms with van der Waals surface area (Å²) in [7, 11) is -9.81. The van der Waals surface area contributed by atoms with Crippen molar-refractivity contribution in [3.63, 3.8) is 0 Å². The van der Waals surface area contributed by atoms with E-state index in [1.54, 1.807) is 0 Å². The molecule has 5 unspecified atom stereocenters. The quantitative estimate of drug-likeness (QED) is 0.0146. The standard InChI is InChI=1S/C91H156O16P2/c1-4-7-10-13-16-19-22-25-28-31-33-35-36-37-38-39-40-41-42-43-44-45-46-47-48-50-52-54-56-59-62-65-68-71-74-77-89(94)101-80-86(92)81-103-108(97,98)104-82-87(93)83-105-109(99,100)106-85-88(107-91(96)79-76-73-70-67-64-61-58-53-30-27-24-21-18-15-12-9-6-3)84-102-90(95)78-75-72-69-66-63-60-57-55-51-49-34-32-29-26-23-20-17-14-11-8-5-2/h9,12,16-21,25-30,33-35,37-38,49,55,57-58,61,86-88,92-93H,4-8,10-11,13-15,22-24,31-32,36,39-48,50-54,56,59-60,62-85H2,1-3H3,(H,97,98)(H,99,100)/b12-9-,19-16-,20-17-,21-18-,28-25-,29-26-,30-27-,35-33-,38-37-,49-34-,57-55-,61-58-. The van der Waals surface area contributed by atoms with E-state index in [2.05, 4.69) is 167 Å². The van der Waals surface area contributed by atoms with Crippen LogP contribution in [0.25, 0.3) is 0 Å². The summed E-state index contributed by atoms with van der Waals surface area (Å²) >= 11 is 0. The van der Waals surface area contributed by atoms with E-state index in [1.165, 1.54) is 154 Å². The largest absolute Gasteiger partial charge is 0.472 e. The fourth-order valence-corrected chi connectivity index (χ4v) is 13.1. The van der Waals surface area contributed by atoms with Crippen LogP contribution in [0.5, 0.6) is 0 Å². The Morgan fingerprint density at radius 1 is 0.266 bits per heavy atom. The molecule has 0 saturated carbocycles. The summed E-state index contributed by atoms with van der Waals surface area (Å²) < 4.78 is 61.2. The highest BCUT2D eigenvalue weighted by Crippen LogP contribution is 2.45. The average molecular weight is 1570 g/mol. The first-order valence-electron chi connectivity index (χ1n) is 43.1. The lowest BCUT2D eigenvalue weighted by molar-refractivity contribution is -0.161. The molecule has 0 aliphatic carbocycles. The Kier molecular flexibility index (Phi) is 79.4. The summed E-state index contributed by atoms with van der Waals surface area (Å²) in [5, 5.41) is 20.7. The fraction of sp³-hybridized carbons (Fsp3) is 0.703. The first-order valence-corrected chi connectivity index (χ1v) is 46.1. The van der Waals surface area contributed by atoms with Crippen molar-refractivity contribution < 1.29 is 75.8 Å². The third-order valence-corrected chi connectivity index (χ3v) is 19.9. The van der Waals surface area contributed by atoms with Gasteiger partial charge in [0, 0.05) is 19.3 Å². The zero-order chi connectivity index (χ0) is 79.4. The number of carbonyl (C=O) groups excluding carboxylic acids is 3. The van der Waals surface area contributed by atoms with Crippen LogP contribution in [-0.4, -0.2) is 95.9 Å². The monoisotopic (exact) mass is 1570 g/mol. The molecule has 0 heterocycles. The zero-order valence-electron chi connectivity index (χ0n) is 68.7. The maximum absolute atomic E-state index is 13.0. The van der Waals surface area contributed by atoms with Gasteiger partial charge in [-0.1, -0.05) is 334 Å². The zero-order valence-corrected chi connectivity index (χ0v) is 70.5. The Morgan fingerprint density at radius 2 is 0.486 bits per heavy atom. The van der Waals surface area contributed by atoms with E-state index in [0.717, 1.165) is 141 Å². The summed E-state index contributed by atoms with van der Waals surface area (Å²) in [6.45, 7) is 2.48. The molecule has 0 aromatic carbocycles. The number of allylic oxidation sites excluding steroid dienone is 24. The van der Waals surface area contributed by atoms with Gasteiger partial charge >= 0.3 is 33.6 Å². The van der Waals surface area contributed by atoms with Crippen molar-refractivity contribution in [2.75, 3.05) is 39.6 Å². The van der Waals surface area contributed by atoms with Gasteiger partial charge in [0.05, 0.1) is 26.4 Å². The molecule has 109 heavy (non-hydrogen) atoms. The van der Waals surface area contributed by atoms with Crippen LogP contribution in [0.3, 0.4) is 0 Å². The summed E-state index contributed by atoms with van der Waals surface area (Å²) in [4.78, 5) is 58.8. The highest BCUT2D eigenvalue weighted by molar-refractivity contribution is 7.47. The molecule has 5 atom stereocenters. The second kappa shape index (κ2) is 82.9. The van der Waals surface area contributed by atoms with Crippen LogP contribution >= 0.6 is 15.6 Å². The van der Waals surface area contributed by atoms with Crippen molar-refractivity contribution >= 4 is 33.6 Å². The molecule has 0 aromatic heterocycles. The van der Waals surface area contributed by atoms with Crippen LogP contribution in [-0.2, 0) is 55.8 Å². The van der Waals surface area contributed by atoms with Crippen molar-refractivity contribution in [1.29, 1.82) is 0 Å². The van der Waals surface area contributed by atoms with E-state index >= 15 is 0 Å². The molecule has 0 saturated heterocycles. The molecule has 4 N–H and O–H groups in total. The SMILES string of the molecule is CC/C=C\C/C=C\C/C=C\C/C=C\CCCCCCC(=O)OC(COC(=O)CCCCCCC/C=C\C/C=C\C/C=C\C/C=C\CCCCC)COP(=O)(O)OCC(O)COP(=O)(O)OCC(O)COC(=O)CCCCCCCCCCCCCCCCCCCCC/C=C\C/C=C\C/C=C\C/C=C\CCCCC. The molecule has 0 radical (unpaired) electrons. The minimum Gasteiger partial charge on any atom is -0.463 e. The van der Waals surface area contributed by atoms with Gasteiger partial charge in [0.25, 0.3) is 0 Å². The van der Waals surface area contributed by atoms with Gasteiger partial charge in [-0.05, 0) is 148 Å². The van der Waals surface area contributed by atoms with Crippen LogP contribution in [0.1, 0.15) is 355 Å². The van der Waals surface area contributed by atoms with Gasteiger partial charge in [-0.2, -0.15) is 0 Å². The summed E-state index contributed by atoms with van der Waals surface area (Å²) in [5.41, 5.74) is 0. The Labute approximate surface area is 664 Å². The number of carbonyl (C=O) groups is 3. The van der Waals surface area contributed by atoms with Crippen molar-refractivity contribution in [3.8, 4) is 0 Å². The molecular weight excluding hydrogens is 1410 g/mol. The third-order valence-electron chi connectivity index (χ3n) is 18.0. The van der Waals surface area contributed by atoms with Gasteiger partial charge in [-0.15, -0.1) is 0 Å². The van der Waals surface area contributed by atoms with E-state index in [0.29, 0.717) is 19.3 Å². The van der Waals surface area contributed by atoms with E-state index in [-0.39, 0.29) is 19.3 Å². The lowest BCUT2D eigenvalue weighted by Gasteiger charge is -2.21. The van der Waals surface area contributed by atoms with Gasteiger partial charge in [0.1, 0.15) is 25.4 Å². The maximum atomic E-state index is 13.0. The number of phosphoric ester groups is 2. The molecule has 0 aliphatic heterocycles. The van der Waals surface area contributed by atoms with E-state index < -0.39 is 91.5 Å².